The van der Waals surface area contributed by atoms with E-state index in [1.807, 2.05) is 24.3 Å². The second-order valence-corrected chi connectivity index (χ2v) is 3.44. The molecule has 1 aromatic carbocycles. The maximum Gasteiger partial charge on any atom is 0.0831 e. The predicted molar refractivity (Wildman–Crippen MR) is 55.2 cm³/mol. The van der Waals surface area contributed by atoms with Gasteiger partial charge in [0.15, 0.2) is 0 Å². The maximum atomic E-state index is 5.93. The predicted octanol–water partition coefficient (Wildman–Crippen LogP) is 3.72. The molecule has 0 aliphatic heterocycles. The first kappa shape index (κ1) is 9.62. The molecule has 3 heteroatoms. The van der Waals surface area contributed by atoms with Crippen molar-refractivity contribution < 1.29 is 4.74 Å². The van der Waals surface area contributed by atoms with Crippen LogP contribution in [0, 0.1) is 0 Å². The van der Waals surface area contributed by atoms with Gasteiger partial charge in [-0.05, 0) is 18.2 Å². The number of benzene rings is 1. The minimum atomic E-state index is 0.706. The zero-order valence-electron chi connectivity index (χ0n) is 6.55. The van der Waals surface area contributed by atoms with Crippen LogP contribution >= 0.6 is 27.5 Å². The van der Waals surface area contributed by atoms with E-state index < -0.39 is 0 Å². The summed E-state index contributed by atoms with van der Waals surface area (Å²) in [6, 6.07) is 5.65. The van der Waals surface area contributed by atoms with Crippen LogP contribution in [0.25, 0.3) is 6.08 Å². The molecule has 0 aliphatic carbocycles. The Morgan fingerprint density at radius 1 is 1.50 bits per heavy atom. The van der Waals surface area contributed by atoms with Crippen LogP contribution in [0.2, 0.25) is 5.02 Å². The van der Waals surface area contributed by atoms with Gasteiger partial charge in [0.1, 0.15) is 0 Å². The van der Waals surface area contributed by atoms with Crippen LogP contribution in [0.3, 0.4) is 0 Å². The molecule has 1 nitrogen and oxygen atoms in total. The van der Waals surface area contributed by atoms with Crippen molar-refractivity contribution in [1.82, 2.24) is 0 Å². The first-order valence-corrected chi connectivity index (χ1v) is 4.56. The van der Waals surface area contributed by atoms with Crippen molar-refractivity contribution in [2.75, 3.05) is 7.11 Å². The zero-order valence-corrected chi connectivity index (χ0v) is 8.89. The SMILES string of the molecule is CO/C=C/c1c(Cl)cccc1Br. The van der Waals surface area contributed by atoms with Crippen LogP contribution < -0.4 is 0 Å². The quantitative estimate of drug-likeness (QED) is 0.724. The molecule has 0 aliphatic rings. The molecule has 1 aromatic rings. The average molecular weight is 248 g/mol. The number of rotatable bonds is 2. The summed E-state index contributed by atoms with van der Waals surface area (Å²) >= 11 is 9.31. The Bertz CT molecular complexity index is 276. The van der Waals surface area contributed by atoms with Gasteiger partial charge < -0.3 is 4.74 Å². The molecule has 0 N–H and O–H groups in total. The molecular weight excluding hydrogens is 239 g/mol. The Kier molecular flexibility index (Phi) is 3.63. The van der Waals surface area contributed by atoms with Gasteiger partial charge in [-0.15, -0.1) is 0 Å². The standard InChI is InChI=1S/C9H8BrClO/c1-12-6-5-7-8(10)3-2-4-9(7)11/h2-6H,1H3/b6-5+. The topological polar surface area (TPSA) is 9.23 Å². The molecule has 0 fully saturated rings. The number of hydrogen-bond donors (Lipinski definition) is 0. The van der Waals surface area contributed by atoms with Gasteiger partial charge in [-0.3, -0.25) is 0 Å². The highest BCUT2D eigenvalue weighted by Crippen LogP contribution is 2.25. The van der Waals surface area contributed by atoms with Crippen LogP contribution in [0.15, 0.2) is 28.9 Å². The van der Waals surface area contributed by atoms with E-state index in [9.17, 15) is 0 Å². The number of halogens is 2. The smallest absolute Gasteiger partial charge is 0.0831 e. The lowest BCUT2D eigenvalue weighted by Crippen LogP contribution is -1.77. The van der Waals surface area contributed by atoms with E-state index >= 15 is 0 Å². The van der Waals surface area contributed by atoms with Crippen LogP contribution in [-0.4, -0.2) is 7.11 Å². The van der Waals surface area contributed by atoms with E-state index in [1.54, 1.807) is 13.4 Å². The summed E-state index contributed by atoms with van der Waals surface area (Å²) in [4.78, 5) is 0. The molecule has 64 valence electrons. The van der Waals surface area contributed by atoms with Gasteiger partial charge in [0.05, 0.1) is 13.4 Å². The summed E-state index contributed by atoms with van der Waals surface area (Å²) in [6.45, 7) is 0. The van der Waals surface area contributed by atoms with Crippen LogP contribution in [0.5, 0.6) is 0 Å². The molecule has 12 heavy (non-hydrogen) atoms. The van der Waals surface area contributed by atoms with Crippen LogP contribution in [0.1, 0.15) is 5.56 Å². The highest BCUT2D eigenvalue weighted by molar-refractivity contribution is 9.10. The van der Waals surface area contributed by atoms with Gasteiger partial charge in [-0.25, -0.2) is 0 Å². The van der Waals surface area contributed by atoms with Crippen molar-refractivity contribution in [1.29, 1.82) is 0 Å². The van der Waals surface area contributed by atoms with Crippen LogP contribution in [0.4, 0.5) is 0 Å². The number of hydrogen-bond acceptors (Lipinski definition) is 1. The van der Waals surface area contributed by atoms with E-state index in [-0.39, 0.29) is 0 Å². The lowest BCUT2D eigenvalue weighted by molar-refractivity contribution is 0.341. The van der Waals surface area contributed by atoms with Gasteiger partial charge in [0.25, 0.3) is 0 Å². The third-order valence-corrected chi connectivity index (χ3v) is 2.39. The lowest BCUT2D eigenvalue weighted by atomic mass is 10.2. The van der Waals surface area contributed by atoms with Gasteiger partial charge in [0, 0.05) is 15.1 Å². The third-order valence-electron chi connectivity index (χ3n) is 1.37. The van der Waals surface area contributed by atoms with Crippen molar-refractivity contribution >= 4 is 33.6 Å². The summed E-state index contributed by atoms with van der Waals surface area (Å²) in [5.74, 6) is 0. The molecule has 0 saturated carbocycles. The second-order valence-electron chi connectivity index (χ2n) is 2.17. The average Bonchev–Trinajstić information content (AvgIpc) is 2.04. The molecule has 0 atom stereocenters. The van der Waals surface area contributed by atoms with Crippen molar-refractivity contribution in [2.24, 2.45) is 0 Å². The minimum Gasteiger partial charge on any atom is -0.504 e. The molecule has 0 aromatic heterocycles. The van der Waals surface area contributed by atoms with Crippen molar-refractivity contribution in [3.63, 3.8) is 0 Å². The highest BCUT2D eigenvalue weighted by Gasteiger charge is 1.99. The van der Waals surface area contributed by atoms with Gasteiger partial charge in [0.2, 0.25) is 0 Å². The van der Waals surface area contributed by atoms with Gasteiger partial charge >= 0.3 is 0 Å². The third kappa shape index (κ3) is 2.26. The van der Waals surface area contributed by atoms with Crippen molar-refractivity contribution in [2.45, 2.75) is 0 Å². The van der Waals surface area contributed by atoms with Gasteiger partial charge in [-0.1, -0.05) is 33.6 Å². The molecule has 0 radical (unpaired) electrons. The van der Waals surface area contributed by atoms with E-state index in [0.29, 0.717) is 5.02 Å². The number of ether oxygens (including phenoxy) is 1. The fourth-order valence-electron chi connectivity index (χ4n) is 0.806. The summed E-state index contributed by atoms with van der Waals surface area (Å²) in [7, 11) is 1.60. The van der Waals surface area contributed by atoms with Crippen molar-refractivity contribution in [3.8, 4) is 0 Å². The van der Waals surface area contributed by atoms with E-state index in [4.69, 9.17) is 16.3 Å². The Hall–Kier alpha value is -0.470. The summed E-state index contributed by atoms with van der Waals surface area (Å²) in [6.07, 6.45) is 3.40. The van der Waals surface area contributed by atoms with E-state index in [0.717, 1.165) is 10.0 Å². The van der Waals surface area contributed by atoms with Crippen LogP contribution in [-0.2, 0) is 4.74 Å². The molecule has 0 unspecified atom stereocenters. The molecular formula is C9H8BrClO. The molecule has 0 bridgehead atoms. The molecule has 0 saturated heterocycles. The molecule has 0 amide bonds. The minimum absolute atomic E-state index is 0.706. The first-order valence-electron chi connectivity index (χ1n) is 3.39. The lowest BCUT2D eigenvalue weighted by Gasteiger charge is -2.00. The molecule has 1 rings (SSSR count). The summed E-state index contributed by atoms with van der Waals surface area (Å²) in [5, 5.41) is 0.706. The number of methoxy groups -OCH3 is 1. The van der Waals surface area contributed by atoms with Gasteiger partial charge in [-0.2, -0.15) is 0 Å². The molecule has 0 spiro atoms. The van der Waals surface area contributed by atoms with E-state index in [2.05, 4.69) is 15.9 Å². The Balaban J connectivity index is 3.04. The van der Waals surface area contributed by atoms with E-state index in [1.165, 1.54) is 0 Å². The first-order chi connectivity index (χ1) is 5.75. The van der Waals surface area contributed by atoms with Crippen molar-refractivity contribution in [3.05, 3.63) is 39.5 Å². The maximum absolute atomic E-state index is 5.93. The highest BCUT2D eigenvalue weighted by atomic mass is 79.9. The largest absolute Gasteiger partial charge is 0.504 e. The normalized spacial score (nSPS) is 10.6. The fraction of sp³-hybridized carbons (Fsp3) is 0.111. The monoisotopic (exact) mass is 246 g/mol. The second kappa shape index (κ2) is 4.53. The Morgan fingerprint density at radius 3 is 2.83 bits per heavy atom. The summed E-state index contributed by atoms with van der Waals surface area (Å²) < 4.78 is 5.76. The zero-order chi connectivity index (χ0) is 8.97. The Morgan fingerprint density at radius 2 is 2.25 bits per heavy atom. The molecule has 0 heterocycles. The Labute approximate surface area is 85.1 Å². The fourth-order valence-corrected chi connectivity index (χ4v) is 1.66. The summed E-state index contributed by atoms with van der Waals surface area (Å²) in [5.41, 5.74) is 0.931.